The van der Waals surface area contributed by atoms with Gasteiger partial charge < -0.3 is 14.2 Å². The van der Waals surface area contributed by atoms with Crippen LogP contribution < -0.4 is 11.4 Å². The summed E-state index contributed by atoms with van der Waals surface area (Å²) in [5.74, 6) is -1.29. The summed E-state index contributed by atoms with van der Waals surface area (Å²) < 4.78 is 69.9. The molecule has 348 valence electrons. The average molecular weight is 932 g/mol. The minimum absolute atomic E-state index is 0.0181. The Balaban J connectivity index is 1.04. The molecule has 1 amide bonds. The first-order valence-corrected chi connectivity index (χ1v) is 24.4. The number of hydrogen-bond donors (Lipinski definition) is 2. The number of halogens is 2. The monoisotopic (exact) mass is 931 g/mol. The van der Waals surface area contributed by atoms with Crippen LogP contribution in [0.4, 0.5) is 8.78 Å². The molecule has 3 aromatic carbocycles. The number of benzene rings is 3. The normalized spacial score (nSPS) is 23.3. The van der Waals surface area contributed by atoms with E-state index < -0.39 is 38.6 Å². The van der Waals surface area contributed by atoms with Crippen molar-refractivity contribution in [2.45, 2.75) is 113 Å². The zero-order valence-electron chi connectivity index (χ0n) is 38.1. The predicted octanol–water partition coefficient (Wildman–Crippen LogP) is 8.12. The van der Waals surface area contributed by atoms with E-state index in [4.69, 9.17) is 19.1 Å². The highest BCUT2D eigenvalue weighted by Crippen LogP contribution is 2.56. The van der Waals surface area contributed by atoms with Gasteiger partial charge in [-0.3, -0.25) is 23.4 Å². The van der Waals surface area contributed by atoms with Crippen molar-refractivity contribution in [2.75, 3.05) is 13.2 Å². The number of H-pyrrole nitrogens is 1. The molecule has 1 saturated heterocycles. The van der Waals surface area contributed by atoms with Crippen LogP contribution in [0.15, 0.2) is 86.0 Å². The number of carbonyl (C=O) groups is 1. The summed E-state index contributed by atoms with van der Waals surface area (Å²) in [6.45, 7) is 12.4. The molecule has 11 rings (SSSR count). The highest BCUT2D eigenvalue weighted by Gasteiger charge is 2.59. The number of fused-ring (bicyclic) bond motifs is 2. The second kappa shape index (κ2) is 15.1. The quantitative estimate of drug-likeness (QED) is 0.146. The molecule has 2 N–H and O–H groups in total. The molecule has 3 fully saturated rings. The van der Waals surface area contributed by atoms with Crippen LogP contribution in [0.2, 0.25) is 0 Å². The number of ether oxygens (including phenoxy) is 1. The van der Waals surface area contributed by atoms with Crippen molar-refractivity contribution in [3.05, 3.63) is 139 Å². The van der Waals surface area contributed by atoms with E-state index in [0.29, 0.717) is 77.7 Å². The topological polar surface area (TPSA) is 179 Å². The van der Waals surface area contributed by atoms with E-state index in [2.05, 4.69) is 36.1 Å². The van der Waals surface area contributed by atoms with Gasteiger partial charge in [-0.1, -0.05) is 18.1 Å². The van der Waals surface area contributed by atoms with Crippen LogP contribution in [0.1, 0.15) is 116 Å². The Morgan fingerprint density at radius 2 is 1.69 bits per heavy atom. The molecule has 0 bridgehead atoms. The van der Waals surface area contributed by atoms with Crippen LogP contribution in [-0.4, -0.2) is 72.6 Å². The fourth-order valence-electron chi connectivity index (χ4n) is 10.9. The number of rotatable bonds is 9. The molecule has 6 heterocycles. The van der Waals surface area contributed by atoms with E-state index in [1.54, 1.807) is 35.6 Å². The van der Waals surface area contributed by atoms with Crippen molar-refractivity contribution in [3.63, 3.8) is 0 Å². The molecule has 67 heavy (non-hydrogen) atoms. The van der Waals surface area contributed by atoms with Gasteiger partial charge in [0.05, 0.1) is 43.3 Å². The fourth-order valence-corrected chi connectivity index (χ4v) is 12.6. The molecule has 2 saturated carbocycles. The summed E-state index contributed by atoms with van der Waals surface area (Å²) in [6, 6.07) is 14.7. The number of amides is 1. The summed E-state index contributed by atoms with van der Waals surface area (Å²) in [6.07, 6.45) is 6.84. The van der Waals surface area contributed by atoms with Gasteiger partial charge in [-0.05, 0) is 144 Å². The summed E-state index contributed by atoms with van der Waals surface area (Å²) in [4.78, 5) is 47.3. The second-order valence-electron chi connectivity index (χ2n) is 19.6. The van der Waals surface area contributed by atoms with Crippen LogP contribution in [0.5, 0.6) is 0 Å². The van der Waals surface area contributed by atoms with Crippen LogP contribution in [0.25, 0.3) is 28.1 Å². The smallest absolute Gasteiger partial charge is 0.376 e. The Labute approximate surface area is 384 Å². The fraction of sp³-hybridized carbons (Fsp3) is 0.408. The van der Waals surface area contributed by atoms with Crippen molar-refractivity contribution >= 4 is 26.5 Å². The summed E-state index contributed by atoms with van der Waals surface area (Å²) in [5.41, 5.74) is 2.89. The Morgan fingerprint density at radius 1 is 0.955 bits per heavy atom. The number of imidazole rings is 1. The van der Waals surface area contributed by atoms with Gasteiger partial charge in [0.1, 0.15) is 28.7 Å². The van der Waals surface area contributed by atoms with Gasteiger partial charge in [-0.2, -0.15) is 5.10 Å². The second-order valence-corrected chi connectivity index (χ2v) is 21.9. The average Bonchev–Trinajstić information content (AvgIpc) is 4.03. The van der Waals surface area contributed by atoms with Crippen LogP contribution in [0, 0.1) is 36.2 Å². The molecule has 1 unspecified atom stereocenters. The van der Waals surface area contributed by atoms with E-state index in [0.717, 1.165) is 39.9 Å². The summed E-state index contributed by atoms with van der Waals surface area (Å²) in [7, 11) is -3.20. The van der Waals surface area contributed by atoms with Crippen LogP contribution in [0.3, 0.4) is 0 Å². The molecule has 7 aromatic rings. The van der Waals surface area contributed by atoms with Gasteiger partial charge in [-0.25, -0.2) is 32.0 Å². The lowest BCUT2D eigenvalue weighted by molar-refractivity contribution is -0.0592. The number of aryl methyl sites for hydroxylation is 2. The lowest BCUT2D eigenvalue weighted by atomic mass is 9.83. The zero-order valence-corrected chi connectivity index (χ0v) is 38.9. The van der Waals surface area contributed by atoms with Gasteiger partial charge in [0.15, 0.2) is 5.82 Å². The molecule has 15 nitrogen and oxygen atoms in total. The third kappa shape index (κ3) is 6.79. The molecule has 0 spiro atoms. The molecule has 0 radical (unpaired) electrons. The van der Waals surface area contributed by atoms with Crippen molar-refractivity contribution in [1.29, 1.82) is 4.78 Å². The van der Waals surface area contributed by atoms with Gasteiger partial charge in [-0.15, -0.1) is 0 Å². The Hall–Kier alpha value is -6.40. The van der Waals surface area contributed by atoms with Gasteiger partial charge in [0, 0.05) is 53.7 Å². The number of carbonyl (C=O) groups excluding carboxylic acids is 1. The van der Waals surface area contributed by atoms with Gasteiger partial charge in [0.25, 0.3) is 5.91 Å². The number of hydrogen-bond acceptors (Lipinski definition) is 9. The first-order chi connectivity index (χ1) is 31.9. The van der Waals surface area contributed by atoms with Gasteiger partial charge in [0.2, 0.25) is 0 Å². The Morgan fingerprint density at radius 3 is 2.34 bits per heavy atom. The van der Waals surface area contributed by atoms with Crippen LogP contribution in [-0.2, 0) is 26.4 Å². The lowest BCUT2D eigenvalue weighted by Crippen LogP contribution is -2.41. The maximum atomic E-state index is 16.0. The Bertz CT molecular complexity index is 3420. The van der Waals surface area contributed by atoms with Crippen molar-refractivity contribution in [2.24, 2.45) is 5.92 Å². The maximum absolute atomic E-state index is 16.0. The third-order valence-electron chi connectivity index (χ3n) is 14.6. The summed E-state index contributed by atoms with van der Waals surface area (Å²) >= 11 is 0. The van der Waals surface area contributed by atoms with E-state index in [1.807, 2.05) is 30.5 Å². The van der Waals surface area contributed by atoms with E-state index in [1.165, 1.54) is 29.1 Å². The number of nitrogens with zero attached hydrogens (tertiary/aromatic N) is 7. The number of nitrogens with one attached hydrogen (secondary N) is 2. The molecule has 4 aromatic heterocycles. The minimum Gasteiger partial charge on any atom is -0.376 e. The van der Waals surface area contributed by atoms with E-state index in [9.17, 15) is 13.8 Å². The molecule has 2 aliphatic carbocycles. The minimum atomic E-state index is -3.20. The molecule has 2 aliphatic heterocycles. The molecule has 4 aliphatic rings. The maximum Gasteiger partial charge on any atom is 0.438 e. The van der Waals surface area contributed by atoms with Crippen molar-refractivity contribution in [3.8, 4) is 17.2 Å². The Kier molecular flexibility index (Phi) is 9.70. The zero-order chi connectivity index (χ0) is 47.1. The molecular formula is C49H51F2N9O6S. The highest BCUT2D eigenvalue weighted by atomic mass is 32.2. The predicted molar refractivity (Wildman–Crippen MR) is 245 cm³/mol. The highest BCUT2D eigenvalue weighted by molar-refractivity contribution is 7.93. The van der Waals surface area contributed by atoms with E-state index in [-0.39, 0.29) is 51.5 Å². The van der Waals surface area contributed by atoms with Crippen LogP contribution >= 0.6 is 0 Å². The third-order valence-corrected chi connectivity index (χ3v) is 17.0. The summed E-state index contributed by atoms with van der Waals surface area (Å²) in [5, 5.41) is 9.75. The van der Waals surface area contributed by atoms with E-state index >= 15 is 13.6 Å². The first-order valence-electron chi connectivity index (χ1n) is 22.8. The largest absolute Gasteiger partial charge is 0.438 e. The lowest BCUT2D eigenvalue weighted by Gasteiger charge is -2.35. The number of aromatic nitrogens is 7. The standard InChI is InChI=1S/C49H51F2N9O6S/c1-26-19-33(20-27(2)42(26)51)60-43(58-17-16-57(47(58)63)39-12-10-35(23-36(39)50)67(52,64)34-8-9-34)41-29(4)56(15-13-37(41)54-60)44(61)40-22-32-21-30(31-14-18-65-48(5,6)25-31)7-11-38(32)59(40)49(24-28(49)3)45-53-46(62)66-55-45/h7,10-12,16-17,19-23,28-29,31,34,52H,8-9,13-15,18,24-25H2,1-6H3,(H,53,55,62)/t28-,29-,31-,49-,67?/m0/s1. The van der Waals surface area contributed by atoms with Gasteiger partial charge >= 0.3 is 11.4 Å². The molecule has 18 heteroatoms. The SMILES string of the molecule is Cc1cc(-n2nc3c(c2-n2ccn(-c4ccc(S(=N)(=O)C5CC5)cc4F)c2=O)[C@H](C)N(C(=O)c2cc4cc([C@H]5CCOC(C)(C)C5)ccc4n2[C@@]2(c4noc(=O)[nH]4)C[C@@H]2C)CC3)cc(C)c1F. The first kappa shape index (κ1) is 43.2. The molecule has 5 atom stereocenters. The number of aromatic amines is 1. The van der Waals surface area contributed by atoms with Crippen molar-refractivity contribution < 1.29 is 27.0 Å². The molecular weight excluding hydrogens is 881 g/mol. The van der Waals surface area contributed by atoms with Crippen molar-refractivity contribution in [1.82, 2.24) is 38.5 Å².